The van der Waals surface area contributed by atoms with Crippen molar-refractivity contribution in [3.63, 3.8) is 0 Å². The van der Waals surface area contributed by atoms with E-state index in [1.165, 1.54) is 6.42 Å². The average molecular weight is 203 g/mol. The second-order valence-electron chi connectivity index (χ2n) is 3.20. The lowest BCUT2D eigenvalue weighted by Crippen LogP contribution is -2.18. The Labute approximate surface area is 88.2 Å². The van der Waals surface area contributed by atoms with Gasteiger partial charge in [-0.2, -0.15) is 0 Å². The van der Waals surface area contributed by atoms with E-state index >= 15 is 0 Å². The summed E-state index contributed by atoms with van der Waals surface area (Å²) in [6.07, 6.45) is 3.47. The van der Waals surface area contributed by atoms with Crippen LogP contribution in [0, 0.1) is 0 Å². The van der Waals surface area contributed by atoms with Gasteiger partial charge >= 0.3 is 0 Å². The summed E-state index contributed by atoms with van der Waals surface area (Å²) in [5.74, 6) is 0. The van der Waals surface area contributed by atoms with Gasteiger partial charge < -0.3 is 14.8 Å². The van der Waals surface area contributed by atoms with Crippen molar-refractivity contribution in [2.24, 2.45) is 0 Å². The molecule has 3 heteroatoms. The summed E-state index contributed by atoms with van der Waals surface area (Å²) in [5.41, 5.74) is 0. The lowest BCUT2D eigenvalue weighted by atomic mass is 10.3. The topological polar surface area (TPSA) is 30.5 Å². The first-order valence-electron chi connectivity index (χ1n) is 5.78. The highest BCUT2D eigenvalue weighted by molar-refractivity contribution is 4.48. The molecule has 0 saturated carbocycles. The standard InChI is InChI=1S/C11H25NO2/c1-3-13-10-6-5-8-12-9-7-11-14-4-2/h12H,3-11H2,1-2H3. The molecule has 0 bridgehead atoms. The van der Waals surface area contributed by atoms with Gasteiger partial charge in [0.2, 0.25) is 0 Å². The molecule has 14 heavy (non-hydrogen) atoms. The summed E-state index contributed by atoms with van der Waals surface area (Å²) in [6.45, 7) is 9.66. The van der Waals surface area contributed by atoms with Crippen LogP contribution < -0.4 is 5.32 Å². The van der Waals surface area contributed by atoms with Gasteiger partial charge in [-0.3, -0.25) is 0 Å². The number of hydrogen-bond donors (Lipinski definition) is 1. The maximum absolute atomic E-state index is 5.25. The van der Waals surface area contributed by atoms with E-state index in [0.717, 1.165) is 52.4 Å². The quantitative estimate of drug-likeness (QED) is 0.520. The maximum Gasteiger partial charge on any atom is 0.0477 e. The number of rotatable bonds is 11. The normalized spacial score (nSPS) is 10.7. The molecule has 0 aromatic carbocycles. The predicted octanol–water partition coefficient (Wildman–Crippen LogP) is 1.82. The van der Waals surface area contributed by atoms with Crippen molar-refractivity contribution in [2.75, 3.05) is 39.5 Å². The van der Waals surface area contributed by atoms with E-state index in [-0.39, 0.29) is 0 Å². The van der Waals surface area contributed by atoms with Crippen LogP contribution in [-0.4, -0.2) is 39.5 Å². The van der Waals surface area contributed by atoms with Crippen LogP contribution in [-0.2, 0) is 9.47 Å². The van der Waals surface area contributed by atoms with Crippen LogP contribution >= 0.6 is 0 Å². The molecule has 0 rings (SSSR count). The molecule has 0 atom stereocenters. The second-order valence-corrected chi connectivity index (χ2v) is 3.20. The van der Waals surface area contributed by atoms with Crippen molar-refractivity contribution in [3.05, 3.63) is 0 Å². The van der Waals surface area contributed by atoms with Crippen LogP contribution in [0.1, 0.15) is 33.1 Å². The van der Waals surface area contributed by atoms with Gasteiger partial charge in [-0.25, -0.2) is 0 Å². The smallest absolute Gasteiger partial charge is 0.0477 e. The largest absolute Gasteiger partial charge is 0.382 e. The van der Waals surface area contributed by atoms with Crippen molar-refractivity contribution in [1.82, 2.24) is 5.32 Å². The van der Waals surface area contributed by atoms with E-state index in [4.69, 9.17) is 9.47 Å². The monoisotopic (exact) mass is 203 g/mol. The molecule has 0 saturated heterocycles. The van der Waals surface area contributed by atoms with Crippen LogP contribution in [0.5, 0.6) is 0 Å². The van der Waals surface area contributed by atoms with Gasteiger partial charge in [0.25, 0.3) is 0 Å². The van der Waals surface area contributed by atoms with Gasteiger partial charge in [-0.05, 0) is 46.2 Å². The molecule has 0 radical (unpaired) electrons. The Morgan fingerprint density at radius 1 is 0.786 bits per heavy atom. The molecule has 0 amide bonds. The SMILES string of the molecule is CCOCCCCNCCCOCC. The molecule has 0 fully saturated rings. The van der Waals surface area contributed by atoms with Gasteiger partial charge in [0.1, 0.15) is 0 Å². The Morgan fingerprint density at radius 3 is 2.00 bits per heavy atom. The summed E-state index contributed by atoms with van der Waals surface area (Å²) in [7, 11) is 0. The lowest BCUT2D eigenvalue weighted by Gasteiger charge is -2.04. The fourth-order valence-corrected chi connectivity index (χ4v) is 1.17. The molecule has 3 nitrogen and oxygen atoms in total. The average Bonchev–Trinajstić information content (AvgIpc) is 2.21. The molecule has 0 spiro atoms. The summed E-state index contributed by atoms with van der Waals surface area (Å²) < 4.78 is 10.5. The van der Waals surface area contributed by atoms with E-state index in [1.807, 2.05) is 13.8 Å². The molecule has 0 unspecified atom stereocenters. The predicted molar refractivity (Wildman–Crippen MR) is 59.7 cm³/mol. The zero-order chi connectivity index (χ0) is 10.5. The van der Waals surface area contributed by atoms with Crippen molar-refractivity contribution < 1.29 is 9.47 Å². The molecule has 0 aliphatic heterocycles. The van der Waals surface area contributed by atoms with Crippen molar-refractivity contribution in [3.8, 4) is 0 Å². The zero-order valence-electron chi connectivity index (χ0n) is 9.68. The molecule has 1 N–H and O–H groups in total. The van der Waals surface area contributed by atoms with Gasteiger partial charge in [0.15, 0.2) is 0 Å². The Bertz CT molecular complexity index is 87.3. The molecule has 0 heterocycles. The second kappa shape index (κ2) is 12.9. The van der Waals surface area contributed by atoms with E-state index in [9.17, 15) is 0 Å². The summed E-state index contributed by atoms with van der Waals surface area (Å²) in [4.78, 5) is 0. The molecule has 0 aliphatic rings. The van der Waals surface area contributed by atoms with Gasteiger partial charge in [0.05, 0.1) is 0 Å². The van der Waals surface area contributed by atoms with Crippen molar-refractivity contribution >= 4 is 0 Å². The minimum Gasteiger partial charge on any atom is -0.382 e. The highest BCUT2D eigenvalue weighted by Gasteiger charge is 1.90. The first kappa shape index (κ1) is 13.9. The third kappa shape index (κ3) is 11.9. The number of ether oxygens (including phenoxy) is 2. The first-order chi connectivity index (χ1) is 6.91. The lowest BCUT2D eigenvalue weighted by molar-refractivity contribution is 0.141. The van der Waals surface area contributed by atoms with E-state index in [2.05, 4.69) is 5.32 Å². The first-order valence-corrected chi connectivity index (χ1v) is 5.78. The van der Waals surface area contributed by atoms with Gasteiger partial charge in [0, 0.05) is 26.4 Å². The van der Waals surface area contributed by atoms with Gasteiger partial charge in [-0.15, -0.1) is 0 Å². The van der Waals surface area contributed by atoms with Crippen LogP contribution in [0.2, 0.25) is 0 Å². The van der Waals surface area contributed by atoms with Crippen LogP contribution in [0.25, 0.3) is 0 Å². The van der Waals surface area contributed by atoms with Gasteiger partial charge in [-0.1, -0.05) is 0 Å². The fraction of sp³-hybridized carbons (Fsp3) is 1.00. The number of hydrogen-bond acceptors (Lipinski definition) is 3. The highest BCUT2D eigenvalue weighted by atomic mass is 16.5. The van der Waals surface area contributed by atoms with Crippen LogP contribution in [0.3, 0.4) is 0 Å². The summed E-state index contributed by atoms with van der Waals surface area (Å²) in [6, 6.07) is 0. The Hall–Kier alpha value is -0.120. The third-order valence-electron chi connectivity index (χ3n) is 1.94. The fourth-order valence-electron chi connectivity index (χ4n) is 1.17. The molecule has 0 aromatic heterocycles. The summed E-state index contributed by atoms with van der Waals surface area (Å²) in [5, 5.41) is 3.39. The molecule has 0 aliphatic carbocycles. The zero-order valence-corrected chi connectivity index (χ0v) is 9.68. The van der Waals surface area contributed by atoms with Crippen molar-refractivity contribution in [2.45, 2.75) is 33.1 Å². The number of nitrogens with one attached hydrogen (secondary N) is 1. The highest BCUT2D eigenvalue weighted by Crippen LogP contribution is 1.88. The van der Waals surface area contributed by atoms with Crippen LogP contribution in [0.4, 0.5) is 0 Å². The summed E-state index contributed by atoms with van der Waals surface area (Å²) >= 11 is 0. The van der Waals surface area contributed by atoms with Crippen molar-refractivity contribution in [1.29, 1.82) is 0 Å². The van der Waals surface area contributed by atoms with E-state index in [1.54, 1.807) is 0 Å². The maximum atomic E-state index is 5.25. The molecule has 0 aromatic rings. The Morgan fingerprint density at radius 2 is 1.36 bits per heavy atom. The Kier molecular flexibility index (Phi) is 12.8. The minimum absolute atomic E-state index is 0.828. The Balaban J connectivity index is 2.78. The third-order valence-corrected chi connectivity index (χ3v) is 1.94. The molecular formula is C11H25NO2. The van der Waals surface area contributed by atoms with E-state index < -0.39 is 0 Å². The van der Waals surface area contributed by atoms with Crippen LogP contribution in [0.15, 0.2) is 0 Å². The minimum atomic E-state index is 0.828. The van der Waals surface area contributed by atoms with E-state index in [0.29, 0.717) is 0 Å². The molecule has 86 valence electrons. The number of unbranched alkanes of at least 4 members (excludes halogenated alkanes) is 1. The molecular weight excluding hydrogens is 178 g/mol.